The first-order chi connectivity index (χ1) is 9.29. The molecule has 0 aliphatic rings. The Labute approximate surface area is 124 Å². The topological polar surface area (TPSA) is 72.9 Å². The van der Waals surface area contributed by atoms with Crippen molar-refractivity contribution in [3.8, 4) is 0 Å². The molecule has 108 valence electrons. The summed E-state index contributed by atoms with van der Waals surface area (Å²) >= 11 is 0. The lowest BCUT2D eigenvalue weighted by Gasteiger charge is -2.09. The molecule has 0 atom stereocenters. The summed E-state index contributed by atoms with van der Waals surface area (Å²) in [5, 5.41) is 2.80. The minimum absolute atomic E-state index is 0. The van der Waals surface area contributed by atoms with Gasteiger partial charge >= 0.3 is 0 Å². The fraction of sp³-hybridized carbons (Fsp3) is 0.286. The van der Waals surface area contributed by atoms with E-state index in [1.165, 1.54) is 0 Å². The molecule has 3 N–H and O–H groups in total. The van der Waals surface area contributed by atoms with Gasteiger partial charge in [-0.1, -0.05) is 30.3 Å². The zero-order valence-electron chi connectivity index (χ0n) is 11.2. The molecule has 2 aromatic rings. The van der Waals surface area contributed by atoms with Gasteiger partial charge in [-0.15, -0.1) is 12.4 Å². The molecule has 0 radical (unpaired) electrons. The van der Waals surface area contributed by atoms with Crippen LogP contribution in [0.25, 0.3) is 0 Å². The molecule has 0 fully saturated rings. The lowest BCUT2D eigenvalue weighted by Crippen LogP contribution is -2.17. The van der Waals surface area contributed by atoms with Gasteiger partial charge in [-0.25, -0.2) is 4.98 Å². The van der Waals surface area contributed by atoms with Crippen LogP contribution in [0, 0.1) is 0 Å². The van der Waals surface area contributed by atoms with Crippen LogP contribution >= 0.6 is 12.4 Å². The Morgan fingerprint density at radius 1 is 1.30 bits per heavy atom. The van der Waals surface area contributed by atoms with Gasteiger partial charge in [-0.2, -0.15) is 0 Å². The summed E-state index contributed by atoms with van der Waals surface area (Å²) in [4.78, 5) is 15.8. The number of aromatic nitrogens is 2. The molecule has 6 heteroatoms. The molecule has 1 aromatic heterocycles. The molecular weight excluding hydrogens is 276 g/mol. The molecule has 0 spiro atoms. The van der Waals surface area contributed by atoms with Gasteiger partial charge in [0.05, 0.1) is 6.54 Å². The summed E-state index contributed by atoms with van der Waals surface area (Å²) in [6.45, 7) is 1.21. The van der Waals surface area contributed by atoms with E-state index in [0.717, 1.165) is 5.56 Å². The number of hydrogen-bond donors (Lipinski definition) is 2. The number of imidazole rings is 1. The van der Waals surface area contributed by atoms with Crippen molar-refractivity contribution < 1.29 is 4.79 Å². The van der Waals surface area contributed by atoms with Gasteiger partial charge in [0, 0.05) is 18.8 Å². The highest BCUT2D eigenvalue weighted by Gasteiger charge is 2.07. The van der Waals surface area contributed by atoms with Gasteiger partial charge in [0.15, 0.2) is 0 Å². The Morgan fingerprint density at radius 2 is 2.05 bits per heavy atom. The fourth-order valence-corrected chi connectivity index (χ4v) is 1.79. The van der Waals surface area contributed by atoms with Crippen LogP contribution in [-0.2, 0) is 11.3 Å². The summed E-state index contributed by atoms with van der Waals surface area (Å²) in [5.74, 6) is 0.525. The Morgan fingerprint density at radius 3 is 2.75 bits per heavy atom. The molecular formula is C14H19ClN4O. The van der Waals surface area contributed by atoms with Crippen molar-refractivity contribution in [3.63, 3.8) is 0 Å². The van der Waals surface area contributed by atoms with E-state index in [1.807, 2.05) is 41.1 Å². The fourth-order valence-electron chi connectivity index (χ4n) is 1.79. The minimum Gasteiger partial charge on any atom is -0.330 e. The Hall–Kier alpha value is -1.85. The van der Waals surface area contributed by atoms with Crippen LogP contribution in [0.5, 0.6) is 0 Å². The number of hydrogen-bond acceptors (Lipinski definition) is 3. The number of carbonyl (C=O) groups is 1. The van der Waals surface area contributed by atoms with Crippen molar-refractivity contribution >= 4 is 24.3 Å². The number of benzene rings is 1. The number of carbonyl (C=O) groups excluding carboxylic acids is 1. The Kier molecular flexibility index (Phi) is 6.76. The number of nitrogens with zero attached hydrogens (tertiary/aromatic N) is 2. The smallest absolute Gasteiger partial charge is 0.226 e. The highest BCUT2D eigenvalue weighted by atomic mass is 35.5. The number of nitrogens with two attached hydrogens (primary N) is 1. The molecule has 0 aliphatic heterocycles. The van der Waals surface area contributed by atoms with E-state index in [4.69, 9.17) is 5.73 Å². The SMILES string of the molecule is Cl.NCCCC(=O)Nc1nccn1Cc1ccccc1. The number of halogens is 1. The monoisotopic (exact) mass is 294 g/mol. The zero-order chi connectivity index (χ0) is 13.5. The first kappa shape index (κ1) is 16.2. The van der Waals surface area contributed by atoms with Crippen LogP contribution in [0.1, 0.15) is 18.4 Å². The maximum absolute atomic E-state index is 11.7. The van der Waals surface area contributed by atoms with E-state index in [9.17, 15) is 4.79 Å². The molecule has 2 rings (SSSR count). The quantitative estimate of drug-likeness (QED) is 0.856. The maximum Gasteiger partial charge on any atom is 0.226 e. The van der Waals surface area contributed by atoms with E-state index in [2.05, 4.69) is 10.3 Å². The van der Waals surface area contributed by atoms with Crippen LogP contribution in [0.3, 0.4) is 0 Å². The van der Waals surface area contributed by atoms with E-state index in [0.29, 0.717) is 31.9 Å². The number of rotatable bonds is 6. The molecule has 0 unspecified atom stereocenters. The highest BCUT2D eigenvalue weighted by Crippen LogP contribution is 2.09. The zero-order valence-corrected chi connectivity index (χ0v) is 12.0. The molecule has 0 aliphatic carbocycles. The molecule has 0 saturated carbocycles. The minimum atomic E-state index is -0.0500. The van der Waals surface area contributed by atoms with Crippen LogP contribution in [0.4, 0.5) is 5.95 Å². The number of anilines is 1. The third kappa shape index (κ3) is 4.68. The van der Waals surface area contributed by atoms with Crippen LogP contribution in [-0.4, -0.2) is 22.0 Å². The highest BCUT2D eigenvalue weighted by molar-refractivity contribution is 5.89. The van der Waals surface area contributed by atoms with E-state index in [1.54, 1.807) is 6.20 Å². The van der Waals surface area contributed by atoms with Gasteiger partial charge in [-0.3, -0.25) is 10.1 Å². The van der Waals surface area contributed by atoms with Crippen molar-refractivity contribution in [2.45, 2.75) is 19.4 Å². The van der Waals surface area contributed by atoms with Gasteiger partial charge in [0.2, 0.25) is 11.9 Å². The van der Waals surface area contributed by atoms with Crippen molar-refractivity contribution in [1.29, 1.82) is 0 Å². The maximum atomic E-state index is 11.7. The Balaban J connectivity index is 0.00000200. The lowest BCUT2D eigenvalue weighted by molar-refractivity contribution is -0.116. The van der Waals surface area contributed by atoms with Crippen molar-refractivity contribution in [1.82, 2.24) is 9.55 Å². The molecule has 0 bridgehead atoms. The third-order valence-corrected chi connectivity index (χ3v) is 2.77. The first-order valence-electron chi connectivity index (χ1n) is 6.34. The van der Waals surface area contributed by atoms with Crippen LogP contribution in [0.2, 0.25) is 0 Å². The standard InChI is InChI=1S/C14H18N4O.ClH/c15-8-4-7-13(19)17-14-16-9-10-18(14)11-12-5-2-1-3-6-12;/h1-3,5-6,9-10H,4,7-8,11,15H2,(H,16,17,19);1H. The number of nitrogens with one attached hydrogen (secondary N) is 1. The molecule has 1 heterocycles. The Bertz CT molecular complexity index is 527. The number of amides is 1. The van der Waals surface area contributed by atoms with Crippen molar-refractivity contribution in [2.75, 3.05) is 11.9 Å². The predicted molar refractivity (Wildman–Crippen MR) is 81.9 cm³/mol. The van der Waals surface area contributed by atoms with Crippen molar-refractivity contribution in [2.24, 2.45) is 5.73 Å². The average molecular weight is 295 g/mol. The van der Waals surface area contributed by atoms with E-state index in [-0.39, 0.29) is 18.3 Å². The normalized spacial score (nSPS) is 9.85. The summed E-state index contributed by atoms with van der Waals surface area (Å²) in [6, 6.07) is 10.0. The predicted octanol–water partition coefficient (Wildman–Crippen LogP) is 2.03. The van der Waals surface area contributed by atoms with Gasteiger partial charge in [0.1, 0.15) is 0 Å². The van der Waals surface area contributed by atoms with E-state index >= 15 is 0 Å². The molecule has 0 saturated heterocycles. The average Bonchev–Trinajstić information content (AvgIpc) is 2.85. The second kappa shape index (κ2) is 8.35. The van der Waals surface area contributed by atoms with Gasteiger partial charge in [0.25, 0.3) is 0 Å². The summed E-state index contributed by atoms with van der Waals surface area (Å²) in [6.07, 6.45) is 4.65. The van der Waals surface area contributed by atoms with Crippen LogP contribution < -0.4 is 11.1 Å². The van der Waals surface area contributed by atoms with Gasteiger partial charge < -0.3 is 10.3 Å². The molecule has 1 amide bonds. The molecule has 20 heavy (non-hydrogen) atoms. The van der Waals surface area contributed by atoms with Gasteiger partial charge in [-0.05, 0) is 18.5 Å². The molecule has 1 aromatic carbocycles. The summed E-state index contributed by atoms with van der Waals surface area (Å²) in [7, 11) is 0. The van der Waals surface area contributed by atoms with Crippen LogP contribution in [0.15, 0.2) is 42.7 Å². The summed E-state index contributed by atoms with van der Waals surface area (Å²) < 4.78 is 1.91. The molecule has 5 nitrogen and oxygen atoms in total. The van der Waals surface area contributed by atoms with E-state index < -0.39 is 0 Å². The van der Waals surface area contributed by atoms with Crippen molar-refractivity contribution in [3.05, 3.63) is 48.3 Å². The third-order valence-electron chi connectivity index (χ3n) is 2.77. The first-order valence-corrected chi connectivity index (χ1v) is 6.34. The summed E-state index contributed by atoms with van der Waals surface area (Å²) in [5.41, 5.74) is 6.55. The second-order valence-corrected chi connectivity index (χ2v) is 4.30. The second-order valence-electron chi connectivity index (χ2n) is 4.30. The lowest BCUT2D eigenvalue weighted by atomic mass is 10.2. The largest absolute Gasteiger partial charge is 0.330 e.